The molecule has 0 atom stereocenters. The normalized spacial score (nSPS) is 10.5. The lowest BCUT2D eigenvalue weighted by molar-refractivity contribution is 0.757. The van der Waals surface area contributed by atoms with Crippen LogP contribution in [0.25, 0.3) is 11.1 Å². The maximum Gasteiger partial charge on any atom is 0.255 e. The average Bonchev–Trinajstić information content (AvgIpc) is 2.69. The first-order valence-electron chi connectivity index (χ1n) is 9.05. The van der Waals surface area contributed by atoms with Gasteiger partial charge in [0.05, 0.1) is 11.6 Å². The summed E-state index contributed by atoms with van der Waals surface area (Å²) in [5.74, 6) is 0. The minimum Gasteiger partial charge on any atom is -0.336 e. The zero-order valence-electron chi connectivity index (χ0n) is 15.2. The zero-order chi connectivity index (χ0) is 19.2. The lowest BCUT2D eigenvalue weighted by Crippen LogP contribution is -2.18. The van der Waals surface area contributed by atoms with Gasteiger partial charge in [-0.15, -0.1) is 0 Å². The number of unbranched alkanes of at least 4 members (excludes halogenated alkanes) is 1. The summed E-state index contributed by atoms with van der Waals surface area (Å²) in [6.07, 6.45) is 3.27. The van der Waals surface area contributed by atoms with Gasteiger partial charge in [0.2, 0.25) is 0 Å². The number of aromatic amines is 2. The summed E-state index contributed by atoms with van der Waals surface area (Å²) in [5.41, 5.74) is 4.86. The van der Waals surface area contributed by atoms with E-state index in [2.05, 4.69) is 23.0 Å². The number of nitrogens with one attached hydrogen (secondary N) is 2. The van der Waals surface area contributed by atoms with Crippen molar-refractivity contribution in [1.29, 1.82) is 5.26 Å². The van der Waals surface area contributed by atoms with Crippen molar-refractivity contribution in [3.05, 3.63) is 86.0 Å². The van der Waals surface area contributed by atoms with E-state index in [0.29, 0.717) is 22.3 Å². The minimum atomic E-state index is -0.157. The lowest BCUT2D eigenvalue weighted by atomic mass is 9.95. The molecule has 1 aromatic heterocycles. The molecule has 0 unspecified atom stereocenters. The van der Waals surface area contributed by atoms with E-state index in [1.54, 1.807) is 0 Å². The molecular formula is C22H21N3OS. The van der Waals surface area contributed by atoms with Crippen molar-refractivity contribution >= 4 is 12.2 Å². The van der Waals surface area contributed by atoms with E-state index < -0.39 is 0 Å². The minimum absolute atomic E-state index is 0.157. The van der Waals surface area contributed by atoms with Gasteiger partial charge in [0.25, 0.3) is 5.56 Å². The molecule has 0 fully saturated rings. The first-order valence-corrected chi connectivity index (χ1v) is 9.46. The van der Waals surface area contributed by atoms with Gasteiger partial charge in [-0.25, -0.2) is 0 Å². The van der Waals surface area contributed by atoms with Crippen LogP contribution in [0.4, 0.5) is 0 Å². The lowest BCUT2D eigenvalue weighted by Gasteiger charge is -2.10. The summed E-state index contributed by atoms with van der Waals surface area (Å²) >= 11 is 5.12. The van der Waals surface area contributed by atoms with Crippen molar-refractivity contribution in [1.82, 2.24) is 9.97 Å². The van der Waals surface area contributed by atoms with Gasteiger partial charge in [-0.2, -0.15) is 5.26 Å². The van der Waals surface area contributed by atoms with Gasteiger partial charge in [0.15, 0.2) is 4.77 Å². The monoisotopic (exact) mass is 375 g/mol. The second-order valence-electron chi connectivity index (χ2n) is 6.50. The largest absolute Gasteiger partial charge is 0.336 e. The van der Waals surface area contributed by atoms with E-state index >= 15 is 0 Å². The molecule has 27 heavy (non-hydrogen) atoms. The fraction of sp³-hybridized carbons (Fsp3) is 0.227. The van der Waals surface area contributed by atoms with Crippen molar-refractivity contribution in [3.63, 3.8) is 0 Å². The summed E-state index contributed by atoms with van der Waals surface area (Å²) in [4.78, 5) is 18.3. The Morgan fingerprint density at radius 2 is 1.89 bits per heavy atom. The van der Waals surface area contributed by atoms with Crippen LogP contribution in [0.5, 0.6) is 0 Å². The number of nitriles is 1. The summed E-state index contributed by atoms with van der Waals surface area (Å²) in [6, 6.07) is 17.9. The topological polar surface area (TPSA) is 72.4 Å². The highest BCUT2D eigenvalue weighted by Crippen LogP contribution is 2.25. The second-order valence-corrected chi connectivity index (χ2v) is 6.91. The van der Waals surface area contributed by atoms with Crippen LogP contribution in [0.2, 0.25) is 0 Å². The van der Waals surface area contributed by atoms with Crippen molar-refractivity contribution in [2.24, 2.45) is 0 Å². The van der Waals surface area contributed by atoms with Gasteiger partial charge < -0.3 is 4.98 Å². The molecule has 0 aliphatic rings. The van der Waals surface area contributed by atoms with Crippen LogP contribution >= 0.6 is 12.2 Å². The number of hydrogen-bond donors (Lipinski definition) is 2. The highest BCUT2D eigenvalue weighted by molar-refractivity contribution is 7.71. The third-order valence-electron chi connectivity index (χ3n) is 4.58. The highest BCUT2D eigenvalue weighted by atomic mass is 32.1. The number of hydrogen-bond acceptors (Lipinski definition) is 3. The molecule has 0 bridgehead atoms. The smallest absolute Gasteiger partial charge is 0.255 e. The molecule has 2 aromatic carbocycles. The van der Waals surface area contributed by atoms with Gasteiger partial charge in [0, 0.05) is 17.7 Å². The average molecular weight is 375 g/mol. The Morgan fingerprint density at radius 3 is 2.59 bits per heavy atom. The molecule has 0 aliphatic carbocycles. The number of aromatic nitrogens is 2. The van der Waals surface area contributed by atoms with Crippen molar-refractivity contribution in [2.75, 3.05) is 0 Å². The molecule has 0 radical (unpaired) electrons. The maximum absolute atomic E-state index is 12.5. The molecule has 3 rings (SSSR count). The highest BCUT2D eigenvalue weighted by Gasteiger charge is 2.12. The standard InChI is InChI=1S/C22H21N3OS/c1-2-3-9-20-19(21(26)25-22(27)24-20)13-15-10-11-18(17(12-15)14-23)16-7-5-4-6-8-16/h4-8,10-12H,2-3,9,13H2,1H3,(H2,24,25,26,27). The molecule has 0 aliphatic heterocycles. The van der Waals surface area contributed by atoms with E-state index in [1.807, 2.05) is 48.5 Å². The van der Waals surface area contributed by atoms with Crippen LogP contribution < -0.4 is 5.56 Å². The van der Waals surface area contributed by atoms with Crippen LogP contribution in [-0.4, -0.2) is 9.97 Å². The van der Waals surface area contributed by atoms with E-state index in [4.69, 9.17) is 12.2 Å². The predicted octanol–water partition coefficient (Wildman–Crippen LogP) is 4.90. The Bertz CT molecular complexity index is 1090. The number of H-pyrrole nitrogens is 2. The quantitative estimate of drug-likeness (QED) is 0.602. The molecule has 0 spiro atoms. The first kappa shape index (κ1) is 18.8. The van der Waals surface area contributed by atoms with E-state index in [1.165, 1.54) is 0 Å². The maximum atomic E-state index is 12.5. The SMILES string of the molecule is CCCCc1[nH]c(=S)[nH]c(=O)c1Cc1ccc(-c2ccccc2)c(C#N)c1. The molecule has 0 amide bonds. The molecule has 4 nitrogen and oxygen atoms in total. The molecule has 3 aromatic rings. The van der Waals surface area contributed by atoms with Crippen LogP contribution in [0.1, 0.15) is 42.1 Å². The molecular weight excluding hydrogens is 354 g/mol. The van der Waals surface area contributed by atoms with Crippen molar-refractivity contribution < 1.29 is 0 Å². The number of nitrogens with zero attached hydrogens (tertiary/aromatic N) is 1. The van der Waals surface area contributed by atoms with Crippen molar-refractivity contribution in [2.45, 2.75) is 32.6 Å². The molecule has 1 heterocycles. The van der Waals surface area contributed by atoms with E-state index in [-0.39, 0.29) is 5.56 Å². The van der Waals surface area contributed by atoms with Crippen molar-refractivity contribution in [3.8, 4) is 17.2 Å². The van der Waals surface area contributed by atoms with Gasteiger partial charge >= 0.3 is 0 Å². The number of benzene rings is 2. The molecule has 0 saturated heterocycles. The Labute approximate surface area is 163 Å². The summed E-state index contributed by atoms with van der Waals surface area (Å²) < 4.78 is 0.354. The van der Waals surface area contributed by atoms with Gasteiger partial charge in [-0.3, -0.25) is 9.78 Å². The number of rotatable bonds is 6. The summed E-state index contributed by atoms with van der Waals surface area (Å²) in [7, 11) is 0. The fourth-order valence-corrected chi connectivity index (χ4v) is 3.40. The third kappa shape index (κ3) is 4.42. The molecule has 5 heteroatoms. The van der Waals surface area contributed by atoms with E-state index in [9.17, 15) is 10.1 Å². The molecule has 0 saturated carbocycles. The molecule has 136 valence electrons. The van der Waals surface area contributed by atoms with Crippen LogP contribution in [-0.2, 0) is 12.8 Å². The number of aryl methyl sites for hydroxylation is 1. The van der Waals surface area contributed by atoms with Gasteiger partial charge in [-0.1, -0.05) is 55.8 Å². The van der Waals surface area contributed by atoms with Crippen LogP contribution in [0, 0.1) is 16.1 Å². The second kappa shape index (κ2) is 8.61. The first-order chi connectivity index (χ1) is 13.1. The fourth-order valence-electron chi connectivity index (χ4n) is 3.18. The Kier molecular flexibility index (Phi) is 6.00. The summed E-state index contributed by atoms with van der Waals surface area (Å²) in [5, 5.41) is 9.59. The third-order valence-corrected chi connectivity index (χ3v) is 4.78. The van der Waals surface area contributed by atoms with Crippen LogP contribution in [0.15, 0.2) is 53.3 Å². The zero-order valence-corrected chi connectivity index (χ0v) is 16.0. The van der Waals surface area contributed by atoms with Gasteiger partial charge in [-0.05, 0) is 47.8 Å². The molecule has 2 N–H and O–H groups in total. The van der Waals surface area contributed by atoms with Crippen LogP contribution in [0.3, 0.4) is 0 Å². The Hall–Kier alpha value is -2.97. The van der Waals surface area contributed by atoms with E-state index in [0.717, 1.165) is 41.6 Å². The Morgan fingerprint density at radius 1 is 1.11 bits per heavy atom. The Balaban J connectivity index is 1.99. The summed E-state index contributed by atoms with van der Waals surface area (Å²) in [6.45, 7) is 2.11. The van der Waals surface area contributed by atoms with Gasteiger partial charge in [0.1, 0.15) is 0 Å². The predicted molar refractivity (Wildman–Crippen MR) is 110 cm³/mol.